The molecule has 0 atom stereocenters. The van der Waals surface area contributed by atoms with Gasteiger partial charge in [-0.25, -0.2) is 14.6 Å². The molecule has 0 saturated heterocycles. The van der Waals surface area contributed by atoms with Crippen LogP contribution >= 0.6 is 0 Å². The average Bonchev–Trinajstić information content (AvgIpc) is 3.12. The lowest BCUT2D eigenvalue weighted by Gasteiger charge is -2.31. The molecule has 9 heteroatoms. The number of benzene rings is 1. The third-order valence-electron chi connectivity index (χ3n) is 4.31. The smallest absolute Gasteiger partial charge is 0.355 e. The van der Waals surface area contributed by atoms with Crippen LogP contribution < -0.4 is 4.90 Å². The first-order valence-corrected chi connectivity index (χ1v) is 8.41. The van der Waals surface area contributed by atoms with Crippen LogP contribution in [0.3, 0.4) is 0 Å². The third-order valence-corrected chi connectivity index (χ3v) is 4.31. The van der Waals surface area contributed by atoms with Crippen molar-refractivity contribution in [2.75, 3.05) is 39.1 Å². The predicted molar refractivity (Wildman–Crippen MR) is 95.8 cm³/mol. The van der Waals surface area contributed by atoms with Crippen molar-refractivity contribution in [1.82, 2.24) is 9.55 Å². The standard InChI is InChI=1S/C18H21N3O6/c1-25-17(23)13-9-27-11-21(16(13)18(24)26-2)12-4-5-15-14(8-12)19-10-20(15)6-3-7-22/h4-5,8,10,22H,3,6-7,9,11H2,1-2H3. The number of carbonyl (C=O) groups is 2. The molecule has 1 aromatic heterocycles. The van der Waals surface area contributed by atoms with Gasteiger partial charge in [0.05, 0.1) is 43.8 Å². The quantitative estimate of drug-likeness (QED) is 0.740. The number of nitrogens with zero attached hydrogens (tertiary/aromatic N) is 3. The lowest BCUT2D eigenvalue weighted by molar-refractivity contribution is -0.140. The number of aromatic nitrogens is 2. The predicted octanol–water partition coefficient (Wildman–Crippen LogP) is 0.813. The highest BCUT2D eigenvalue weighted by molar-refractivity contribution is 6.03. The number of rotatable bonds is 6. The first-order chi connectivity index (χ1) is 13.1. The van der Waals surface area contributed by atoms with E-state index >= 15 is 0 Å². The molecule has 27 heavy (non-hydrogen) atoms. The fourth-order valence-corrected chi connectivity index (χ4v) is 2.99. The molecule has 0 radical (unpaired) electrons. The van der Waals surface area contributed by atoms with Gasteiger partial charge in [-0.3, -0.25) is 0 Å². The van der Waals surface area contributed by atoms with Gasteiger partial charge in [-0.1, -0.05) is 0 Å². The molecule has 0 saturated carbocycles. The Bertz CT molecular complexity index is 888. The van der Waals surface area contributed by atoms with E-state index in [-0.39, 0.29) is 31.2 Å². The van der Waals surface area contributed by atoms with Gasteiger partial charge in [0.25, 0.3) is 0 Å². The van der Waals surface area contributed by atoms with Crippen LogP contribution in [-0.4, -0.2) is 60.8 Å². The molecule has 0 aliphatic carbocycles. The second kappa shape index (κ2) is 8.19. The van der Waals surface area contributed by atoms with E-state index in [2.05, 4.69) is 4.98 Å². The fourth-order valence-electron chi connectivity index (χ4n) is 2.99. The highest BCUT2D eigenvalue weighted by atomic mass is 16.5. The third kappa shape index (κ3) is 3.64. The number of aryl methyl sites for hydroxylation is 1. The molecule has 0 amide bonds. The summed E-state index contributed by atoms with van der Waals surface area (Å²) in [5, 5.41) is 9.01. The van der Waals surface area contributed by atoms with Gasteiger partial charge >= 0.3 is 11.9 Å². The molecule has 2 aromatic rings. The van der Waals surface area contributed by atoms with Crippen LogP contribution in [0.2, 0.25) is 0 Å². The summed E-state index contributed by atoms with van der Waals surface area (Å²) >= 11 is 0. The first-order valence-electron chi connectivity index (χ1n) is 8.41. The summed E-state index contributed by atoms with van der Waals surface area (Å²) < 4.78 is 17.0. The topological polar surface area (TPSA) is 103 Å². The van der Waals surface area contributed by atoms with Crippen molar-refractivity contribution in [3.05, 3.63) is 35.8 Å². The molecular weight excluding hydrogens is 354 g/mol. The normalized spacial score (nSPS) is 14.6. The molecule has 0 bridgehead atoms. The summed E-state index contributed by atoms with van der Waals surface area (Å²) in [6.45, 7) is 0.804. The van der Waals surface area contributed by atoms with Crippen molar-refractivity contribution in [2.24, 2.45) is 0 Å². The number of methoxy groups -OCH3 is 2. The Morgan fingerprint density at radius 1 is 1.26 bits per heavy atom. The van der Waals surface area contributed by atoms with Gasteiger partial charge in [-0.15, -0.1) is 0 Å². The number of carbonyl (C=O) groups excluding carboxylic acids is 2. The maximum absolute atomic E-state index is 12.3. The van der Waals surface area contributed by atoms with Crippen LogP contribution in [0.5, 0.6) is 0 Å². The van der Waals surface area contributed by atoms with Crippen LogP contribution in [-0.2, 0) is 30.3 Å². The SMILES string of the molecule is COC(=O)C1=C(C(=O)OC)N(c2ccc3c(c2)ncn3CCCO)COC1. The van der Waals surface area contributed by atoms with E-state index in [0.29, 0.717) is 18.7 Å². The zero-order chi connectivity index (χ0) is 19.4. The van der Waals surface area contributed by atoms with E-state index in [4.69, 9.17) is 19.3 Å². The monoisotopic (exact) mass is 375 g/mol. The number of imidazole rings is 1. The van der Waals surface area contributed by atoms with Crippen LogP contribution in [0.15, 0.2) is 35.8 Å². The summed E-state index contributed by atoms with van der Waals surface area (Å²) in [6, 6.07) is 5.49. The van der Waals surface area contributed by atoms with Gasteiger partial charge in [0.2, 0.25) is 0 Å². The van der Waals surface area contributed by atoms with Crippen molar-refractivity contribution in [3.8, 4) is 0 Å². The van der Waals surface area contributed by atoms with Crippen LogP contribution in [0.1, 0.15) is 6.42 Å². The molecule has 2 heterocycles. The molecular formula is C18H21N3O6. The number of hydrogen-bond donors (Lipinski definition) is 1. The molecule has 0 fully saturated rings. The van der Waals surface area contributed by atoms with Crippen molar-refractivity contribution < 1.29 is 28.9 Å². The largest absolute Gasteiger partial charge is 0.466 e. The van der Waals surface area contributed by atoms with Crippen LogP contribution in [0, 0.1) is 0 Å². The van der Waals surface area contributed by atoms with E-state index in [1.165, 1.54) is 14.2 Å². The van der Waals surface area contributed by atoms with Gasteiger partial charge in [0.15, 0.2) is 0 Å². The average molecular weight is 375 g/mol. The minimum Gasteiger partial charge on any atom is -0.466 e. The highest BCUT2D eigenvalue weighted by Gasteiger charge is 2.32. The van der Waals surface area contributed by atoms with Gasteiger partial charge in [-0.05, 0) is 24.6 Å². The Morgan fingerprint density at radius 2 is 2.04 bits per heavy atom. The summed E-state index contributed by atoms with van der Waals surface area (Å²) in [7, 11) is 2.50. The molecule has 144 valence electrons. The maximum atomic E-state index is 12.3. The highest BCUT2D eigenvalue weighted by Crippen LogP contribution is 2.29. The number of esters is 2. The molecule has 1 aromatic carbocycles. The zero-order valence-electron chi connectivity index (χ0n) is 15.2. The lowest BCUT2D eigenvalue weighted by Crippen LogP contribution is -2.38. The summed E-state index contributed by atoms with van der Waals surface area (Å²) in [4.78, 5) is 30.3. The van der Waals surface area contributed by atoms with Gasteiger partial charge in [0, 0.05) is 18.8 Å². The molecule has 3 rings (SSSR count). The molecule has 0 spiro atoms. The lowest BCUT2D eigenvalue weighted by atomic mass is 10.1. The van der Waals surface area contributed by atoms with Crippen molar-refractivity contribution in [2.45, 2.75) is 13.0 Å². The van der Waals surface area contributed by atoms with Gasteiger partial charge in [0.1, 0.15) is 12.4 Å². The number of ether oxygens (including phenoxy) is 3. The van der Waals surface area contributed by atoms with Gasteiger partial charge < -0.3 is 28.8 Å². The van der Waals surface area contributed by atoms with Crippen LogP contribution in [0.25, 0.3) is 11.0 Å². The Hall–Kier alpha value is -2.91. The second-order valence-electron chi connectivity index (χ2n) is 5.90. The number of fused-ring (bicyclic) bond motifs is 1. The van der Waals surface area contributed by atoms with E-state index in [9.17, 15) is 9.59 Å². The Morgan fingerprint density at radius 3 is 2.74 bits per heavy atom. The summed E-state index contributed by atoms with van der Waals surface area (Å²) in [5.74, 6) is -1.29. The minimum absolute atomic E-state index is 0.0361. The van der Waals surface area contributed by atoms with Crippen molar-refractivity contribution in [1.29, 1.82) is 0 Å². The zero-order valence-corrected chi connectivity index (χ0v) is 15.2. The number of anilines is 1. The maximum Gasteiger partial charge on any atom is 0.355 e. The van der Waals surface area contributed by atoms with Crippen molar-refractivity contribution >= 4 is 28.7 Å². The minimum atomic E-state index is -0.646. The van der Waals surface area contributed by atoms with E-state index in [1.807, 2.05) is 16.7 Å². The Kier molecular flexibility index (Phi) is 5.72. The van der Waals surface area contributed by atoms with Gasteiger partial charge in [-0.2, -0.15) is 0 Å². The number of hydrogen-bond acceptors (Lipinski definition) is 8. The summed E-state index contributed by atoms with van der Waals surface area (Å²) in [6.07, 6.45) is 2.33. The van der Waals surface area contributed by atoms with E-state index in [1.54, 1.807) is 17.3 Å². The van der Waals surface area contributed by atoms with Crippen molar-refractivity contribution in [3.63, 3.8) is 0 Å². The fraction of sp³-hybridized carbons (Fsp3) is 0.389. The number of aliphatic hydroxyl groups excluding tert-OH is 1. The molecule has 1 N–H and O–H groups in total. The molecule has 9 nitrogen and oxygen atoms in total. The summed E-state index contributed by atoms with van der Waals surface area (Å²) in [5.41, 5.74) is 2.46. The van der Waals surface area contributed by atoms with E-state index < -0.39 is 11.9 Å². The van der Waals surface area contributed by atoms with Crippen LogP contribution in [0.4, 0.5) is 5.69 Å². The molecule has 1 aliphatic rings. The number of aliphatic hydroxyl groups is 1. The Labute approximate surface area is 155 Å². The first kappa shape index (κ1) is 18.9. The second-order valence-corrected chi connectivity index (χ2v) is 5.90. The Balaban J connectivity index is 2.02. The molecule has 1 aliphatic heterocycles. The molecule has 0 unspecified atom stereocenters. The van der Waals surface area contributed by atoms with E-state index in [0.717, 1.165) is 11.0 Å².